The lowest BCUT2D eigenvalue weighted by Gasteiger charge is -2.15. The summed E-state index contributed by atoms with van der Waals surface area (Å²) in [5.41, 5.74) is 1.18. The van der Waals surface area contributed by atoms with Crippen molar-refractivity contribution in [2.75, 3.05) is 26.2 Å². The summed E-state index contributed by atoms with van der Waals surface area (Å²) in [4.78, 5) is 24.2. The Balaban J connectivity index is 1.51. The maximum Gasteiger partial charge on any atom is 0.266 e. The molecule has 1 aliphatic rings. The number of aromatic nitrogens is 3. The van der Waals surface area contributed by atoms with Gasteiger partial charge < -0.3 is 9.64 Å². The van der Waals surface area contributed by atoms with Gasteiger partial charge in [0, 0.05) is 13.0 Å². The number of pyridine rings is 1. The minimum Gasteiger partial charge on any atom is -0.494 e. The number of hydrogen-bond acceptors (Lipinski definition) is 5. The molecule has 1 fully saturated rings. The van der Waals surface area contributed by atoms with Crippen LogP contribution in [-0.4, -0.2) is 45.7 Å². The predicted octanol–water partition coefficient (Wildman–Crippen LogP) is 3.86. The van der Waals surface area contributed by atoms with Gasteiger partial charge in [-0.3, -0.25) is 9.36 Å². The lowest BCUT2D eigenvalue weighted by molar-refractivity contribution is 0.263. The van der Waals surface area contributed by atoms with Crippen LogP contribution in [0.4, 0.5) is 0 Å². The second-order valence-corrected chi connectivity index (χ2v) is 7.68. The summed E-state index contributed by atoms with van der Waals surface area (Å²) in [7, 11) is 0. The van der Waals surface area contributed by atoms with Crippen LogP contribution in [0.5, 0.6) is 5.75 Å². The van der Waals surface area contributed by atoms with Crippen molar-refractivity contribution in [3.05, 3.63) is 57.9 Å². The number of fused-ring (bicyclic) bond motifs is 1. The molecule has 4 rings (SSSR count). The van der Waals surface area contributed by atoms with Crippen LogP contribution in [0, 0.1) is 0 Å². The molecule has 0 bridgehead atoms. The van der Waals surface area contributed by atoms with Gasteiger partial charge in [0.25, 0.3) is 5.56 Å². The molecule has 0 N–H and O–H groups in total. The first-order chi connectivity index (χ1) is 14.2. The quantitative estimate of drug-likeness (QED) is 0.435. The third-order valence-electron chi connectivity index (χ3n) is 5.29. The zero-order valence-corrected chi connectivity index (χ0v) is 17.4. The minimum atomic E-state index is -0.143. The molecule has 7 heteroatoms. The Hall–Kier alpha value is -2.44. The van der Waals surface area contributed by atoms with Crippen molar-refractivity contribution in [3.8, 4) is 11.4 Å². The van der Waals surface area contributed by atoms with Crippen LogP contribution in [0.1, 0.15) is 32.0 Å². The lowest BCUT2D eigenvalue weighted by Crippen LogP contribution is -2.23. The Kier molecular flexibility index (Phi) is 6.11. The van der Waals surface area contributed by atoms with Crippen LogP contribution < -0.4 is 10.3 Å². The van der Waals surface area contributed by atoms with E-state index < -0.39 is 0 Å². The molecular formula is C22H25ClN4O2. The molecule has 1 aromatic carbocycles. The van der Waals surface area contributed by atoms with Gasteiger partial charge in [-0.25, -0.2) is 9.97 Å². The maximum absolute atomic E-state index is 13.1. The Morgan fingerprint density at radius 2 is 1.93 bits per heavy atom. The van der Waals surface area contributed by atoms with Crippen LogP contribution in [0.25, 0.3) is 16.6 Å². The first-order valence-electron chi connectivity index (χ1n) is 10.2. The molecule has 6 nitrogen and oxygen atoms in total. The zero-order valence-electron chi connectivity index (χ0n) is 16.6. The van der Waals surface area contributed by atoms with E-state index in [9.17, 15) is 4.79 Å². The lowest BCUT2D eigenvalue weighted by atomic mass is 10.2. The molecule has 3 heterocycles. The van der Waals surface area contributed by atoms with Crippen LogP contribution in [0.2, 0.25) is 5.15 Å². The van der Waals surface area contributed by atoms with Crippen LogP contribution in [-0.2, 0) is 6.42 Å². The van der Waals surface area contributed by atoms with E-state index in [1.165, 1.54) is 25.9 Å². The average molecular weight is 413 g/mol. The van der Waals surface area contributed by atoms with Gasteiger partial charge in [0.05, 0.1) is 29.4 Å². The topological polar surface area (TPSA) is 60.3 Å². The maximum atomic E-state index is 13.1. The minimum absolute atomic E-state index is 0.143. The Morgan fingerprint density at radius 1 is 1.17 bits per heavy atom. The van der Waals surface area contributed by atoms with Crippen molar-refractivity contribution in [1.29, 1.82) is 0 Å². The van der Waals surface area contributed by atoms with Gasteiger partial charge in [-0.15, -0.1) is 0 Å². The van der Waals surface area contributed by atoms with Crippen molar-refractivity contribution in [2.24, 2.45) is 0 Å². The highest BCUT2D eigenvalue weighted by Crippen LogP contribution is 2.19. The van der Waals surface area contributed by atoms with Crippen molar-refractivity contribution < 1.29 is 4.74 Å². The molecule has 0 spiro atoms. The smallest absolute Gasteiger partial charge is 0.266 e. The molecule has 29 heavy (non-hydrogen) atoms. The molecule has 0 saturated carbocycles. The summed E-state index contributed by atoms with van der Waals surface area (Å²) >= 11 is 5.98. The van der Waals surface area contributed by atoms with Gasteiger partial charge in [-0.2, -0.15) is 0 Å². The molecule has 0 aliphatic carbocycles. The highest BCUT2D eigenvalue weighted by atomic mass is 35.5. The number of likely N-dealkylation sites (tertiary alicyclic amines) is 1. The van der Waals surface area contributed by atoms with Crippen molar-refractivity contribution in [1.82, 2.24) is 19.4 Å². The summed E-state index contributed by atoms with van der Waals surface area (Å²) in [6, 6.07) is 9.17. The number of hydrogen-bond donors (Lipinski definition) is 0. The highest BCUT2D eigenvalue weighted by Gasteiger charge is 2.13. The number of benzene rings is 1. The molecule has 0 radical (unpaired) electrons. The van der Waals surface area contributed by atoms with Gasteiger partial charge in [-0.05, 0) is 62.7 Å². The molecular weight excluding hydrogens is 388 g/mol. The largest absolute Gasteiger partial charge is 0.494 e. The van der Waals surface area contributed by atoms with E-state index in [4.69, 9.17) is 16.3 Å². The second kappa shape index (κ2) is 8.93. The fourth-order valence-electron chi connectivity index (χ4n) is 3.79. The summed E-state index contributed by atoms with van der Waals surface area (Å²) in [5.74, 6) is 1.49. The summed E-state index contributed by atoms with van der Waals surface area (Å²) < 4.78 is 7.51. The Bertz CT molecular complexity index is 1040. The van der Waals surface area contributed by atoms with E-state index >= 15 is 0 Å². The normalized spacial score (nSPS) is 14.6. The Morgan fingerprint density at radius 3 is 2.66 bits per heavy atom. The monoisotopic (exact) mass is 412 g/mol. The highest BCUT2D eigenvalue weighted by molar-refractivity contribution is 6.30. The van der Waals surface area contributed by atoms with E-state index in [0.29, 0.717) is 29.8 Å². The molecule has 2 aromatic heterocycles. The van der Waals surface area contributed by atoms with E-state index in [-0.39, 0.29) is 10.7 Å². The summed E-state index contributed by atoms with van der Waals surface area (Å²) in [5, 5.41) is 0.745. The molecule has 1 aliphatic heterocycles. The van der Waals surface area contributed by atoms with E-state index in [1.807, 2.05) is 31.2 Å². The number of nitrogens with zero attached hydrogens (tertiary/aromatic N) is 4. The van der Waals surface area contributed by atoms with E-state index in [1.54, 1.807) is 16.8 Å². The number of halogens is 1. The van der Waals surface area contributed by atoms with Crippen LogP contribution >= 0.6 is 11.6 Å². The van der Waals surface area contributed by atoms with Gasteiger partial charge in [0.2, 0.25) is 0 Å². The first kappa shape index (κ1) is 19.9. The molecule has 0 amide bonds. The molecule has 1 saturated heterocycles. The first-order valence-corrected chi connectivity index (χ1v) is 10.6. The standard InChI is InChI=1S/C22H25ClN4O2/c1-2-21-25-19-15-24-20(23)14-18(19)22(28)27(21)16-6-8-17(9-7-16)29-13-5-12-26-10-3-4-11-26/h6-9,14-15H,2-5,10-13H2,1H3. The Labute approximate surface area is 175 Å². The second-order valence-electron chi connectivity index (χ2n) is 7.29. The fraction of sp³-hybridized carbons (Fsp3) is 0.409. The molecule has 0 atom stereocenters. The molecule has 0 unspecified atom stereocenters. The van der Waals surface area contributed by atoms with Gasteiger partial charge in [0.15, 0.2) is 0 Å². The molecule has 152 valence electrons. The summed E-state index contributed by atoms with van der Waals surface area (Å²) in [6.45, 7) is 6.19. The fourth-order valence-corrected chi connectivity index (χ4v) is 3.95. The molecule has 3 aromatic rings. The number of rotatable bonds is 7. The predicted molar refractivity (Wildman–Crippen MR) is 115 cm³/mol. The third-order valence-corrected chi connectivity index (χ3v) is 5.49. The van der Waals surface area contributed by atoms with E-state index in [2.05, 4.69) is 14.9 Å². The van der Waals surface area contributed by atoms with Crippen LogP contribution in [0.3, 0.4) is 0 Å². The third kappa shape index (κ3) is 4.43. The van der Waals surface area contributed by atoms with Gasteiger partial charge in [0.1, 0.15) is 16.7 Å². The van der Waals surface area contributed by atoms with Crippen molar-refractivity contribution >= 4 is 22.5 Å². The summed E-state index contributed by atoms with van der Waals surface area (Å²) in [6.07, 6.45) is 5.82. The van der Waals surface area contributed by atoms with Crippen LogP contribution in [0.15, 0.2) is 41.3 Å². The van der Waals surface area contributed by atoms with Gasteiger partial charge >= 0.3 is 0 Å². The van der Waals surface area contributed by atoms with Crippen molar-refractivity contribution in [2.45, 2.75) is 32.6 Å². The zero-order chi connectivity index (χ0) is 20.2. The SMILES string of the molecule is CCc1nc2cnc(Cl)cc2c(=O)n1-c1ccc(OCCCN2CCCC2)cc1. The van der Waals surface area contributed by atoms with E-state index in [0.717, 1.165) is 24.4 Å². The van der Waals surface area contributed by atoms with Crippen molar-refractivity contribution in [3.63, 3.8) is 0 Å². The average Bonchev–Trinajstić information content (AvgIpc) is 3.26. The number of ether oxygens (including phenoxy) is 1. The number of aryl methyl sites for hydroxylation is 1. The van der Waals surface area contributed by atoms with Gasteiger partial charge in [-0.1, -0.05) is 18.5 Å².